The van der Waals surface area contributed by atoms with Gasteiger partial charge in [0.1, 0.15) is 5.82 Å². The molecule has 0 radical (unpaired) electrons. The van der Waals surface area contributed by atoms with E-state index in [4.69, 9.17) is 5.73 Å². The molecule has 6 nitrogen and oxygen atoms in total. The van der Waals surface area contributed by atoms with Gasteiger partial charge in [-0.1, -0.05) is 12.1 Å². The van der Waals surface area contributed by atoms with E-state index < -0.39 is 6.03 Å². The Balaban J connectivity index is 1.95. The lowest BCUT2D eigenvalue weighted by molar-refractivity contribution is -0.133. The second-order valence-electron chi connectivity index (χ2n) is 9.14. The molecular weight excluding hydrogens is 371 g/mol. The average molecular weight is 407 g/mol. The van der Waals surface area contributed by atoms with Crippen molar-refractivity contribution in [3.63, 3.8) is 0 Å². The second-order valence-corrected chi connectivity index (χ2v) is 9.14. The van der Waals surface area contributed by atoms with Crippen LogP contribution in [0.1, 0.15) is 45.6 Å². The Hall–Kier alpha value is -2.15. The summed E-state index contributed by atoms with van der Waals surface area (Å²) in [7, 11) is 1.97. The van der Waals surface area contributed by atoms with E-state index in [1.165, 1.54) is 12.1 Å². The number of likely N-dealkylation sites (N-methyl/N-ethyl adjacent to an activating group) is 1. The number of halogens is 1. The van der Waals surface area contributed by atoms with Crippen LogP contribution in [0.5, 0.6) is 0 Å². The lowest BCUT2D eigenvalue weighted by atomic mass is 9.91. The predicted octanol–water partition coefficient (Wildman–Crippen LogP) is 2.76. The van der Waals surface area contributed by atoms with Crippen molar-refractivity contribution in [2.45, 2.75) is 58.0 Å². The van der Waals surface area contributed by atoms with Crippen molar-refractivity contribution in [3.05, 3.63) is 35.6 Å². The third-order valence-electron chi connectivity index (χ3n) is 5.72. The number of nitrogens with zero attached hydrogens (tertiary/aromatic N) is 2. The number of nitrogens with one attached hydrogen (secondary N) is 1. The molecular formula is C22H35FN4O2. The SMILES string of the molecule is CN(C[C@H](CC(=O)N1CCC[C@@H](Cc2ccc(F)cc2)C1)NC(N)=O)C(C)(C)C. The van der Waals surface area contributed by atoms with Crippen LogP contribution in [0, 0.1) is 11.7 Å². The number of urea groups is 1. The summed E-state index contributed by atoms with van der Waals surface area (Å²) < 4.78 is 13.1. The average Bonchev–Trinajstić information content (AvgIpc) is 2.62. The molecule has 162 valence electrons. The van der Waals surface area contributed by atoms with Crippen LogP contribution in [0.2, 0.25) is 0 Å². The molecule has 0 aliphatic carbocycles. The minimum Gasteiger partial charge on any atom is -0.352 e. The van der Waals surface area contributed by atoms with E-state index in [-0.39, 0.29) is 29.7 Å². The second kappa shape index (κ2) is 10.1. The van der Waals surface area contributed by atoms with Gasteiger partial charge in [0.25, 0.3) is 0 Å². The molecule has 1 heterocycles. The highest BCUT2D eigenvalue weighted by atomic mass is 19.1. The number of rotatable bonds is 7. The summed E-state index contributed by atoms with van der Waals surface area (Å²) in [5.41, 5.74) is 6.34. The van der Waals surface area contributed by atoms with Gasteiger partial charge in [0.05, 0.1) is 6.04 Å². The number of carbonyl (C=O) groups excluding carboxylic acids is 2. The zero-order chi connectivity index (χ0) is 21.6. The van der Waals surface area contributed by atoms with E-state index in [0.717, 1.165) is 31.4 Å². The molecule has 0 saturated carbocycles. The number of carbonyl (C=O) groups is 2. The maximum absolute atomic E-state index is 13.1. The van der Waals surface area contributed by atoms with Gasteiger partial charge in [-0.2, -0.15) is 0 Å². The van der Waals surface area contributed by atoms with E-state index in [9.17, 15) is 14.0 Å². The summed E-state index contributed by atoms with van der Waals surface area (Å²) in [4.78, 5) is 28.3. The number of primary amides is 1. The van der Waals surface area contributed by atoms with Gasteiger partial charge in [-0.25, -0.2) is 9.18 Å². The third kappa shape index (κ3) is 7.65. The normalized spacial score (nSPS) is 18.6. The number of piperidine rings is 1. The summed E-state index contributed by atoms with van der Waals surface area (Å²) in [5.74, 6) is 0.162. The fraction of sp³-hybridized carbons (Fsp3) is 0.636. The summed E-state index contributed by atoms with van der Waals surface area (Å²) in [6.45, 7) is 8.22. The lowest BCUT2D eigenvalue weighted by Crippen LogP contribution is -2.52. The monoisotopic (exact) mass is 406 g/mol. The Kier molecular flexibility index (Phi) is 8.02. The van der Waals surface area contributed by atoms with Gasteiger partial charge in [-0.15, -0.1) is 0 Å². The standard InChI is InChI=1S/C22H35FN4O2/c1-22(2,3)26(4)15-19(25-21(24)29)13-20(28)27-11-5-6-17(14-27)12-16-7-9-18(23)10-8-16/h7-10,17,19H,5-6,11-15H2,1-4H3,(H3,24,25,29)/t17-,19-/m0/s1. The van der Waals surface area contributed by atoms with Crippen LogP contribution in [0.3, 0.4) is 0 Å². The minimum atomic E-state index is -0.613. The number of benzene rings is 1. The van der Waals surface area contributed by atoms with Crippen LogP contribution in [-0.4, -0.2) is 60.0 Å². The van der Waals surface area contributed by atoms with E-state index in [1.807, 2.05) is 24.1 Å². The zero-order valence-corrected chi connectivity index (χ0v) is 18.1. The van der Waals surface area contributed by atoms with Crippen molar-refractivity contribution in [3.8, 4) is 0 Å². The van der Waals surface area contributed by atoms with E-state index >= 15 is 0 Å². The Bertz CT molecular complexity index is 687. The molecule has 1 aliphatic heterocycles. The van der Waals surface area contributed by atoms with E-state index in [2.05, 4.69) is 31.0 Å². The molecule has 1 fully saturated rings. The molecule has 0 bridgehead atoms. The Morgan fingerprint density at radius 3 is 2.55 bits per heavy atom. The smallest absolute Gasteiger partial charge is 0.312 e. The molecule has 2 atom stereocenters. The molecule has 0 aromatic heterocycles. The van der Waals surface area contributed by atoms with Crippen molar-refractivity contribution in [1.29, 1.82) is 0 Å². The summed E-state index contributed by atoms with van der Waals surface area (Å²) in [5, 5.41) is 2.72. The number of nitrogens with two attached hydrogens (primary N) is 1. The minimum absolute atomic E-state index is 0.0369. The number of amides is 3. The van der Waals surface area contributed by atoms with Gasteiger partial charge in [0.2, 0.25) is 5.91 Å². The topological polar surface area (TPSA) is 78.7 Å². The van der Waals surface area contributed by atoms with E-state index in [1.54, 1.807) is 0 Å². The quantitative estimate of drug-likeness (QED) is 0.731. The Morgan fingerprint density at radius 1 is 1.31 bits per heavy atom. The molecule has 2 rings (SSSR count). The molecule has 1 saturated heterocycles. The Labute approximate surface area is 173 Å². The maximum Gasteiger partial charge on any atom is 0.312 e. The first-order valence-corrected chi connectivity index (χ1v) is 10.3. The summed E-state index contributed by atoms with van der Waals surface area (Å²) in [6.07, 6.45) is 3.07. The highest BCUT2D eigenvalue weighted by Gasteiger charge is 2.28. The van der Waals surface area contributed by atoms with Crippen LogP contribution in [-0.2, 0) is 11.2 Å². The summed E-state index contributed by atoms with van der Waals surface area (Å²) >= 11 is 0. The lowest BCUT2D eigenvalue weighted by Gasteiger charge is -2.36. The number of hydrogen-bond acceptors (Lipinski definition) is 3. The predicted molar refractivity (Wildman–Crippen MR) is 113 cm³/mol. The molecule has 29 heavy (non-hydrogen) atoms. The van der Waals surface area contributed by atoms with Gasteiger partial charge in [0.15, 0.2) is 0 Å². The van der Waals surface area contributed by atoms with Crippen molar-refractivity contribution in [1.82, 2.24) is 15.1 Å². The fourth-order valence-electron chi connectivity index (χ4n) is 3.72. The zero-order valence-electron chi connectivity index (χ0n) is 18.1. The molecule has 1 aromatic carbocycles. The Morgan fingerprint density at radius 2 is 1.97 bits per heavy atom. The van der Waals surface area contributed by atoms with Gasteiger partial charge in [0, 0.05) is 31.6 Å². The van der Waals surface area contributed by atoms with Gasteiger partial charge in [-0.05, 0) is 70.7 Å². The van der Waals surface area contributed by atoms with Gasteiger partial charge in [-0.3, -0.25) is 9.69 Å². The van der Waals surface area contributed by atoms with Crippen LogP contribution in [0.15, 0.2) is 24.3 Å². The van der Waals surface area contributed by atoms with Crippen molar-refractivity contribution in [2.75, 3.05) is 26.7 Å². The maximum atomic E-state index is 13.1. The van der Waals surface area contributed by atoms with Crippen molar-refractivity contribution < 1.29 is 14.0 Å². The molecule has 1 aliphatic rings. The molecule has 7 heteroatoms. The molecule has 3 amide bonds. The largest absolute Gasteiger partial charge is 0.352 e. The van der Waals surface area contributed by atoms with E-state index in [0.29, 0.717) is 19.0 Å². The van der Waals surface area contributed by atoms with Crippen LogP contribution < -0.4 is 11.1 Å². The first-order chi connectivity index (χ1) is 13.5. The van der Waals surface area contributed by atoms with Gasteiger partial charge >= 0.3 is 6.03 Å². The van der Waals surface area contributed by atoms with Crippen molar-refractivity contribution >= 4 is 11.9 Å². The molecule has 0 unspecified atom stereocenters. The number of likely N-dealkylation sites (tertiary alicyclic amines) is 1. The molecule has 1 aromatic rings. The first-order valence-electron chi connectivity index (χ1n) is 10.3. The van der Waals surface area contributed by atoms with Gasteiger partial charge < -0.3 is 16.0 Å². The van der Waals surface area contributed by atoms with Crippen LogP contribution >= 0.6 is 0 Å². The highest BCUT2D eigenvalue weighted by Crippen LogP contribution is 2.22. The fourth-order valence-corrected chi connectivity index (χ4v) is 3.72. The first kappa shape index (κ1) is 23.1. The summed E-state index contributed by atoms with van der Waals surface area (Å²) in [6, 6.07) is 5.63. The van der Waals surface area contributed by atoms with Crippen LogP contribution in [0.25, 0.3) is 0 Å². The highest BCUT2D eigenvalue weighted by molar-refractivity contribution is 5.78. The number of hydrogen-bond donors (Lipinski definition) is 2. The van der Waals surface area contributed by atoms with Crippen molar-refractivity contribution in [2.24, 2.45) is 11.7 Å². The van der Waals surface area contributed by atoms with Crippen LogP contribution in [0.4, 0.5) is 9.18 Å². The third-order valence-corrected chi connectivity index (χ3v) is 5.72. The molecule has 3 N–H and O–H groups in total. The molecule has 0 spiro atoms.